The molecule has 16 heavy (non-hydrogen) atoms. The lowest BCUT2D eigenvalue weighted by molar-refractivity contribution is 0.140. The van der Waals surface area contributed by atoms with Crippen LogP contribution in [0.4, 0.5) is 0 Å². The summed E-state index contributed by atoms with van der Waals surface area (Å²) >= 11 is 0. The summed E-state index contributed by atoms with van der Waals surface area (Å²) < 4.78 is 0. The lowest BCUT2D eigenvalue weighted by Crippen LogP contribution is -2.41. The predicted octanol–water partition coefficient (Wildman–Crippen LogP) is 3.26. The third-order valence-corrected chi connectivity index (χ3v) is 4.07. The Hall–Kier alpha value is -0.0800. The van der Waals surface area contributed by atoms with Crippen LogP contribution in [-0.2, 0) is 0 Å². The Labute approximate surface area is 103 Å². The van der Waals surface area contributed by atoms with Gasteiger partial charge in [-0.1, -0.05) is 20.8 Å². The van der Waals surface area contributed by atoms with Gasteiger partial charge in [-0.25, -0.2) is 0 Å². The van der Waals surface area contributed by atoms with Gasteiger partial charge in [0.25, 0.3) is 0 Å². The molecule has 0 fully saturated rings. The second-order valence-corrected chi connectivity index (χ2v) is 6.39. The molecule has 0 aliphatic heterocycles. The van der Waals surface area contributed by atoms with Crippen LogP contribution in [0.5, 0.6) is 0 Å². The molecular formula is C14H32N2. The number of nitrogens with zero attached hydrogens (tertiary/aromatic N) is 1. The maximum atomic E-state index is 5.63. The van der Waals surface area contributed by atoms with Crippen molar-refractivity contribution in [2.75, 3.05) is 20.1 Å². The molecule has 0 aliphatic carbocycles. The Morgan fingerprint density at radius 3 is 2.06 bits per heavy atom. The lowest BCUT2D eigenvalue weighted by Gasteiger charge is -2.35. The van der Waals surface area contributed by atoms with Gasteiger partial charge in [0.15, 0.2) is 0 Å². The summed E-state index contributed by atoms with van der Waals surface area (Å²) in [6, 6.07) is 0. The molecule has 0 atom stereocenters. The third-order valence-electron chi connectivity index (χ3n) is 4.07. The molecule has 0 aromatic heterocycles. The van der Waals surface area contributed by atoms with E-state index in [0.717, 1.165) is 13.0 Å². The molecular weight excluding hydrogens is 196 g/mol. The minimum Gasteiger partial charge on any atom is -0.330 e. The van der Waals surface area contributed by atoms with Crippen LogP contribution < -0.4 is 5.73 Å². The highest BCUT2D eigenvalue weighted by Gasteiger charge is 2.22. The molecule has 2 N–H and O–H groups in total. The van der Waals surface area contributed by atoms with Crippen molar-refractivity contribution >= 4 is 0 Å². The molecule has 0 radical (unpaired) electrons. The van der Waals surface area contributed by atoms with E-state index in [4.69, 9.17) is 5.73 Å². The van der Waals surface area contributed by atoms with E-state index in [1.54, 1.807) is 0 Å². The van der Waals surface area contributed by atoms with Gasteiger partial charge in [0, 0.05) is 5.54 Å². The standard InChI is InChI=1S/C14H32N2/c1-7-14(4,5)16(6)12-8-9-13(2,3)10-11-15/h7-12,15H2,1-6H3. The Balaban J connectivity index is 3.90. The molecule has 0 aromatic rings. The van der Waals surface area contributed by atoms with Crippen molar-refractivity contribution in [2.24, 2.45) is 11.1 Å². The largest absolute Gasteiger partial charge is 0.330 e. The van der Waals surface area contributed by atoms with E-state index in [1.807, 2.05) is 0 Å². The summed E-state index contributed by atoms with van der Waals surface area (Å²) in [6.45, 7) is 13.5. The smallest absolute Gasteiger partial charge is 0.0147 e. The molecule has 0 saturated heterocycles. The molecule has 2 heteroatoms. The first-order valence-electron chi connectivity index (χ1n) is 6.66. The minimum absolute atomic E-state index is 0.331. The fraction of sp³-hybridized carbons (Fsp3) is 1.00. The summed E-state index contributed by atoms with van der Waals surface area (Å²) in [6.07, 6.45) is 4.88. The second-order valence-electron chi connectivity index (χ2n) is 6.39. The lowest BCUT2D eigenvalue weighted by atomic mass is 9.84. The van der Waals surface area contributed by atoms with Crippen molar-refractivity contribution in [2.45, 2.75) is 65.8 Å². The summed E-state index contributed by atoms with van der Waals surface area (Å²) in [5.74, 6) is 0. The zero-order chi connectivity index (χ0) is 12.8. The number of nitrogens with two attached hydrogens (primary N) is 1. The van der Waals surface area contributed by atoms with Gasteiger partial charge in [0.2, 0.25) is 0 Å². The van der Waals surface area contributed by atoms with Crippen molar-refractivity contribution in [1.82, 2.24) is 4.90 Å². The highest BCUT2D eigenvalue weighted by atomic mass is 15.2. The average molecular weight is 228 g/mol. The monoisotopic (exact) mass is 228 g/mol. The summed E-state index contributed by atoms with van der Waals surface area (Å²) in [7, 11) is 2.24. The normalized spacial score (nSPS) is 13.5. The van der Waals surface area contributed by atoms with Crippen LogP contribution in [0.15, 0.2) is 0 Å². The van der Waals surface area contributed by atoms with E-state index in [2.05, 4.69) is 46.6 Å². The predicted molar refractivity (Wildman–Crippen MR) is 73.7 cm³/mol. The van der Waals surface area contributed by atoms with Gasteiger partial charge in [0.1, 0.15) is 0 Å². The maximum Gasteiger partial charge on any atom is 0.0147 e. The first kappa shape index (κ1) is 15.9. The maximum absolute atomic E-state index is 5.63. The fourth-order valence-electron chi connectivity index (χ4n) is 1.88. The number of hydrogen-bond acceptors (Lipinski definition) is 2. The zero-order valence-electron chi connectivity index (χ0n) is 12.3. The molecule has 0 spiro atoms. The van der Waals surface area contributed by atoms with Gasteiger partial charge >= 0.3 is 0 Å². The Bertz CT molecular complexity index is 185. The Kier molecular flexibility index (Phi) is 6.57. The molecule has 0 bridgehead atoms. The molecule has 0 amide bonds. The first-order valence-corrected chi connectivity index (χ1v) is 6.66. The Morgan fingerprint density at radius 1 is 1.06 bits per heavy atom. The van der Waals surface area contributed by atoms with Crippen LogP contribution in [0.25, 0.3) is 0 Å². The molecule has 2 nitrogen and oxygen atoms in total. The number of rotatable bonds is 8. The van der Waals surface area contributed by atoms with Crippen molar-refractivity contribution in [3.8, 4) is 0 Å². The summed E-state index contributed by atoms with van der Waals surface area (Å²) in [4.78, 5) is 2.48. The SMILES string of the molecule is CCC(C)(C)N(C)CCCC(C)(C)CCN. The van der Waals surface area contributed by atoms with Crippen LogP contribution in [0.3, 0.4) is 0 Å². The van der Waals surface area contributed by atoms with Crippen LogP contribution in [0, 0.1) is 5.41 Å². The van der Waals surface area contributed by atoms with Gasteiger partial charge in [-0.15, -0.1) is 0 Å². The van der Waals surface area contributed by atoms with E-state index in [0.29, 0.717) is 11.0 Å². The molecule has 0 aliphatic rings. The van der Waals surface area contributed by atoms with Gasteiger partial charge in [-0.05, 0) is 65.1 Å². The first-order chi connectivity index (χ1) is 7.25. The quantitative estimate of drug-likeness (QED) is 0.691. The van der Waals surface area contributed by atoms with Crippen molar-refractivity contribution in [3.05, 3.63) is 0 Å². The molecule has 0 unspecified atom stereocenters. The van der Waals surface area contributed by atoms with Crippen LogP contribution in [0.1, 0.15) is 60.3 Å². The minimum atomic E-state index is 0.331. The number of hydrogen-bond donors (Lipinski definition) is 1. The van der Waals surface area contributed by atoms with Gasteiger partial charge in [-0.3, -0.25) is 0 Å². The fourth-order valence-corrected chi connectivity index (χ4v) is 1.88. The molecule has 0 heterocycles. The highest BCUT2D eigenvalue weighted by molar-refractivity contribution is 4.78. The van der Waals surface area contributed by atoms with Crippen molar-refractivity contribution in [1.29, 1.82) is 0 Å². The summed E-state index contributed by atoms with van der Waals surface area (Å²) in [5.41, 5.74) is 6.37. The van der Waals surface area contributed by atoms with E-state index in [1.165, 1.54) is 25.8 Å². The van der Waals surface area contributed by atoms with Crippen LogP contribution >= 0.6 is 0 Å². The van der Waals surface area contributed by atoms with E-state index < -0.39 is 0 Å². The van der Waals surface area contributed by atoms with E-state index in [-0.39, 0.29) is 0 Å². The van der Waals surface area contributed by atoms with Crippen LogP contribution in [-0.4, -0.2) is 30.6 Å². The van der Waals surface area contributed by atoms with E-state index >= 15 is 0 Å². The molecule has 98 valence electrons. The Morgan fingerprint density at radius 2 is 1.62 bits per heavy atom. The topological polar surface area (TPSA) is 29.3 Å². The highest BCUT2D eigenvalue weighted by Crippen LogP contribution is 2.26. The van der Waals surface area contributed by atoms with Gasteiger partial charge in [0.05, 0.1) is 0 Å². The summed E-state index contributed by atoms with van der Waals surface area (Å²) in [5, 5.41) is 0. The molecule has 0 aromatic carbocycles. The van der Waals surface area contributed by atoms with Gasteiger partial charge < -0.3 is 10.6 Å². The second kappa shape index (κ2) is 6.61. The van der Waals surface area contributed by atoms with Crippen molar-refractivity contribution < 1.29 is 0 Å². The third kappa shape index (κ3) is 5.86. The van der Waals surface area contributed by atoms with Crippen molar-refractivity contribution in [3.63, 3.8) is 0 Å². The zero-order valence-corrected chi connectivity index (χ0v) is 12.3. The van der Waals surface area contributed by atoms with Crippen LogP contribution in [0.2, 0.25) is 0 Å². The molecule has 0 saturated carbocycles. The molecule has 0 rings (SSSR count). The van der Waals surface area contributed by atoms with Gasteiger partial charge in [-0.2, -0.15) is 0 Å². The average Bonchev–Trinajstić information content (AvgIpc) is 2.17. The van der Waals surface area contributed by atoms with E-state index in [9.17, 15) is 0 Å².